The van der Waals surface area contributed by atoms with E-state index in [2.05, 4.69) is 26.2 Å². The maximum atomic E-state index is 13.0. The average molecular weight is 415 g/mol. The Morgan fingerprint density at radius 1 is 1.19 bits per heavy atom. The van der Waals surface area contributed by atoms with Crippen molar-refractivity contribution < 1.29 is 9.53 Å². The van der Waals surface area contributed by atoms with Crippen molar-refractivity contribution >= 4 is 44.2 Å². The zero-order valence-electron chi connectivity index (χ0n) is 14.4. The van der Waals surface area contributed by atoms with Crippen molar-refractivity contribution in [2.45, 2.75) is 0 Å². The van der Waals surface area contributed by atoms with E-state index in [9.17, 15) is 4.79 Å². The van der Waals surface area contributed by atoms with Gasteiger partial charge in [0.05, 0.1) is 24.3 Å². The number of rotatable bonds is 3. The molecule has 26 heavy (non-hydrogen) atoms. The summed E-state index contributed by atoms with van der Waals surface area (Å²) in [5.41, 5.74) is 2.45. The van der Waals surface area contributed by atoms with E-state index >= 15 is 0 Å². The Labute approximate surface area is 159 Å². The molecule has 7 heteroatoms. The van der Waals surface area contributed by atoms with Crippen LogP contribution in [0, 0.1) is 0 Å². The molecule has 0 unspecified atom stereocenters. The maximum Gasteiger partial charge on any atom is 0.257 e. The molecule has 6 nitrogen and oxygen atoms in total. The Morgan fingerprint density at radius 3 is 2.65 bits per heavy atom. The maximum absolute atomic E-state index is 13.0. The summed E-state index contributed by atoms with van der Waals surface area (Å²) in [6.45, 7) is 2.39. The smallest absolute Gasteiger partial charge is 0.257 e. The van der Waals surface area contributed by atoms with E-state index in [1.807, 2.05) is 53.0 Å². The monoisotopic (exact) mass is 414 g/mol. The fourth-order valence-electron chi connectivity index (χ4n) is 3.18. The third kappa shape index (κ3) is 3.20. The molecule has 1 N–H and O–H groups in total. The standard InChI is InChI=1S/C19H19BrN4O2/c1-23-7-6-15-17(23)16(19(25)24-8-10-26-11-9-24)12-21-18(15)22-14-4-2-13(20)3-5-14/h2-7,12H,8-11H2,1H3,(H,21,22). The second-order valence-corrected chi connectivity index (χ2v) is 7.16. The molecule has 1 aromatic carbocycles. The molecule has 0 atom stereocenters. The van der Waals surface area contributed by atoms with Crippen LogP contribution < -0.4 is 5.32 Å². The van der Waals surface area contributed by atoms with Gasteiger partial charge in [0.15, 0.2) is 0 Å². The molecular formula is C19H19BrN4O2. The molecule has 3 aromatic rings. The van der Waals surface area contributed by atoms with Gasteiger partial charge in [-0.25, -0.2) is 4.98 Å². The summed E-state index contributed by atoms with van der Waals surface area (Å²) < 4.78 is 8.34. The predicted molar refractivity (Wildman–Crippen MR) is 105 cm³/mol. The summed E-state index contributed by atoms with van der Waals surface area (Å²) in [4.78, 5) is 19.3. The number of morpholine rings is 1. The summed E-state index contributed by atoms with van der Waals surface area (Å²) in [5.74, 6) is 0.740. The average Bonchev–Trinajstić information content (AvgIpc) is 3.06. The van der Waals surface area contributed by atoms with E-state index in [0.29, 0.717) is 31.9 Å². The minimum Gasteiger partial charge on any atom is -0.378 e. The highest BCUT2D eigenvalue weighted by Crippen LogP contribution is 2.29. The Morgan fingerprint density at radius 2 is 1.92 bits per heavy atom. The van der Waals surface area contributed by atoms with Crippen molar-refractivity contribution in [3.8, 4) is 0 Å². The summed E-state index contributed by atoms with van der Waals surface area (Å²) in [6.07, 6.45) is 3.62. The molecule has 1 aliphatic heterocycles. The third-order valence-electron chi connectivity index (χ3n) is 4.54. The van der Waals surface area contributed by atoms with Crippen molar-refractivity contribution in [1.82, 2.24) is 14.5 Å². The molecule has 4 rings (SSSR count). The van der Waals surface area contributed by atoms with Crippen molar-refractivity contribution in [3.05, 3.63) is 52.8 Å². The number of halogens is 1. The first-order chi connectivity index (χ1) is 12.6. The quantitative estimate of drug-likeness (QED) is 0.711. The molecule has 1 aliphatic rings. The molecule has 0 spiro atoms. The first-order valence-electron chi connectivity index (χ1n) is 8.47. The number of nitrogens with zero attached hydrogens (tertiary/aromatic N) is 3. The van der Waals surface area contributed by atoms with Gasteiger partial charge in [-0.2, -0.15) is 0 Å². The van der Waals surface area contributed by atoms with Crippen LogP contribution in [-0.4, -0.2) is 46.7 Å². The van der Waals surface area contributed by atoms with Crippen LogP contribution in [0.2, 0.25) is 0 Å². The van der Waals surface area contributed by atoms with E-state index in [0.717, 1.165) is 26.9 Å². The van der Waals surface area contributed by atoms with Gasteiger partial charge in [0.2, 0.25) is 0 Å². The second kappa shape index (κ2) is 7.09. The Kier molecular flexibility index (Phi) is 4.65. The van der Waals surface area contributed by atoms with Gasteiger partial charge in [-0.1, -0.05) is 15.9 Å². The molecule has 1 fully saturated rings. The molecule has 2 aromatic heterocycles. The van der Waals surface area contributed by atoms with Crippen molar-refractivity contribution in [2.75, 3.05) is 31.6 Å². The highest BCUT2D eigenvalue weighted by atomic mass is 79.9. The summed E-state index contributed by atoms with van der Waals surface area (Å²) in [7, 11) is 1.95. The third-order valence-corrected chi connectivity index (χ3v) is 5.07. The van der Waals surface area contributed by atoms with Crippen LogP contribution in [0.4, 0.5) is 11.5 Å². The van der Waals surface area contributed by atoms with Crippen LogP contribution in [0.15, 0.2) is 47.2 Å². The highest BCUT2D eigenvalue weighted by Gasteiger charge is 2.23. The largest absolute Gasteiger partial charge is 0.378 e. The first-order valence-corrected chi connectivity index (χ1v) is 9.26. The molecule has 134 valence electrons. The van der Waals surface area contributed by atoms with E-state index in [-0.39, 0.29) is 5.91 Å². The molecule has 1 saturated heterocycles. The number of aryl methyl sites for hydroxylation is 1. The number of benzene rings is 1. The van der Waals surface area contributed by atoms with Crippen molar-refractivity contribution in [1.29, 1.82) is 0 Å². The van der Waals surface area contributed by atoms with E-state index in [1.165, 1.54) is 0 Å². The normalized spacial score (nSPS) is 14.6. The number of hydrogen-bond donors (Lipinski definition) is 1. The van der Waals surface area contributed by atoms with Crippen LogP contribution in [0.5, 0.6) is 0 Å². The van der Waals surface area contributed by atoms with E-state index in [4.69, 9.17) is 4.74 Å². The van der Waals surface area contributed by atoms with Gasteiger partial charge in [-0.15, -0.1) is 0 Å². The topological polar surface area (TPSA) is 59.4 Å². The number of carbonyl (C=O) groups excluding carboxylic acids is 1. The van der Waals surface area contributed by atoms with Gasteiger partial charge in [0.25, 0.3) is 5.91 Å². The minimum absolute atomic E-state index is 0.00258. The fraction of sp³-hybridized carbons (Fsp3) is 0.263. The number of aromatic nitrogens is 2. The minimum atomic E-state index is 0.00258. The van der Waals surface area contributed by atoms with Crippen molar-refractivity contribution in [2.24, 2.45) is 7.05 Å². The van der Waals surface area contributed by atoms with Gasteiger partial charge in [0.1, 0.15) is 5.82 Å². The van der Waals surface area contributed by atoms with Crippen LogP contribution in [0.3, 0.4) is 0 Å². The molecule has 0 bridgehead atoms. The fourth-order valence-corrected chi connectivity index (χ4v) is 3.44. The number of hydrogen-bond acceptors (Lipinski definition) is 4. The van der Waals surface area contributed by atoms with Crippen LogP contribution >= 0.6 is 15.9 Å². The van der Waals surface area contributed by atoms with Gasteiger partial charge in [-0.05, 0) is 30.3 Å². The number of pyridine rings is 1. The summed E-state index contributed by atoms with van der Waals surface area (Å²) >= 11 is 3.44. The van der Waals surface area contributed by atoms with Gasteiger partial charge < -0.3 is 19.5 Å². The van der Waals surface area contributed by atoms with Crippen LogP contribution in [-0.2, 0) is 11.8 Å². The molecule has 0 aliphatic carbocycles. The predicted octanol–water partition coefficient (Wildman–Crippen LogP) is 3.55. The SMILES string of the molecule is Cn1ccc2c(Nc3ccc(Br)cc3)ncc(C(=O)N3CCOCC3)c21. The van der Waals surface area contributed by atoms with E-state index < -0.39 is 0 Å². The Bertz CT molecular complexity index is 946. The number of anilines is 2. The van der Waals surface area contributed by atoms with Crippen molar-refractivity contribution in [3.63, 3.8) is 0 Å². The molecule has 3 heterocycles. The molecule has 0 radical (unpaired) electrons. The summed E-state index contributed by atoms with van der Waals surface area (Å²) in [5, 5.41) is 4.27. The number of ether oxygens (including phenoxy) is 1. The zero-order valence-corrected chi connectivity index (χ0v) is 16.0. The van der Waals surface area contributed by atoms with Gasteiger partial charge in [0, 0.05) is 48.1 Å². The number of amides is 1. The van der Waals surface area contributed by atoms with E-state index in [1.54, 1.807) is 6.20 Å². The lowest BCUT2D eigenvalue weighted by Crippen LogP contribution is -2.40. The zero-order chi connectivity index (χ0) is 18.1. The molecular weight excluding hydrogens is 396 g/mol. The van der Waals surface area contributed by atoms with Crippen LogP contribution in [0.25, 0.3) is 10.9 Å². The Hall–Kier alpha value is -2.38. The lowest BCUT2D eigenvalue weighted by atomic mass is 10.1. The molecule has 1 amide bonds. The number of fused-ring (bicyclic) bond motifs is 1. The highest BCUT2D eigenvalue weighted by molar-refractivity contribution is 9.10. The lowest BCUT2D eigenvalue weighted by Gasteiger charge is -2.27. The number of carbonyl (C=O) groups is 1. The van der Waals surface area contributed by atoms with Crippen LogP contribution in [0.1, 0.15) is 10.4 Å². The van der Waals surface area contributed by atoms with Gasteiger partial charge >= 0.3 is 0 Å². The first kappa shape index (κ1) is 17.1. The Balaban J connectivity index is 1.71. The second-order valence-electron chi connectivity index (χ2n) is 6.25. The number of nitrogens with one attached hydrogen (secondary N) is 1. The summed E-state index contributed by atoms with van der Waals surface area (Å²) in [6, 6.07) is 9.89. The van der Waals surface area contributed by atoms with Gasteiger partial charge in [-0.3, -0.25) is 4.79 Å². The molecule has 0 saturated carbocycles. The lowest BCUT2D eigenvalue weighted by molar-refractivity contribution is 0.0303.